The maximum Gasteiger partial charge on any atom is 0.280 e. The topological polar surface area (TPSA) is 52.7 Å². The van der Waals surface area contributed by atoms with Gasteiger partial charge in [0.1, 0.15) is 11.3 Å². The monoisotopic (exact) mass is 380 g/mol. The fourth-order valence-corrected chi connectivity index (χ4v) is 3.83. The minimum Gasteiger partial charge on any atom is -0.281 e. The van der Waals surface area contributed by atoms with Crippen LogP contribution in [0.15, 0.2) is 70.7 Å². The van der Waals surface area contributed by atoms with E-state index in [9.17, 15) is 9.18 Å². The summed E-state index contributed by atoms with van der Waals surface area (Å²) in [5.41, 5.74) is 2.93. The number of halogens is 1. The first-order chi connectivity index (χ1) is 13.1. The standard InChI is InChI=1S/C20H17FN4OS/c1-24-18-17(11-22-24)23-20(27-13-15-7-9-16(21)10-8-15)25(19(18)26)12-14-5-3-2-4-6-14/h2-11H,12-13H2,1H3. The molecule has 0 saturated carbocycles. The molecule has 0 atom stereocenters. The lowest BCUT2D eigenvalue weighted by molar-refractivity contribution is 0.627. The van der Waals surface area contributed by atoms with Gasteiger partial charge in [-0.2, -0.15) is 5.10 Å². The van der Waals surface area contributed by atoms with Crippen LogP contribution in [0.2, 0.25) is 0 Å². The summed E-state index contributed by atoms with van der Waals surface area (Å²) in [6.07, 6.45) is 1.60. The summed E-state index contributed by atoms with van der Waals surface area (Å²) < 4.78 is 16.3. The first-order valence-electron chi connectivity index (χ1n) is 8.45. The molecule has 5 nitrogen and oxygen atoms in total. The summed E-state index contributed by atoms with van der Waals surface area (Å²) in [6.45, 7) is 0.430. The van der Waals surface area contributed by atoms with E-state index in [1.807, 2.05) is 30.3 Å². The van der Waals surface area contributed by atoms with Gasteiger partial charge in [0, 0.05) is 12.8 Å². The fourth-order valence-electron chi connectivity index (χ4n) is 2.88. The van der Waals surface area contributed by atoms with Gasteiger partial charge in [-0.05, 0) is 23.3 Å². The molecule has 0 N–H and O–H groups in total. The van der Waals surface area contributed by atoms with Crippen molar-refractivity contribution in [3.63, 3.8) is 0 Å². The van der Waals surface area contributed by atoms with E-state index in [0.717, 1.165) is 11.1 Å². The third kappa shape index (κ3) is 3.64. The highest BCUT2D eigenvalue weighted by atomic mass is 32.2. The second kappa shape index (κ2) is 7.36. The Morgan fingerprint density at radius 3 is 2.52 bits per heavy atom. The van der Waals surface area contributed by atoms with E-state index in [1.54, 1.807) is 34.6 Å². The molecule has 4 rings (SSSR count). The Morgan fingerprint density at radius 2 is 1.78 bits per heavy atom. The molecule has 0 bridgehead atoms. The Hall–Kier alpha value is -2.93. The Labute approximate surface area is 159 Å². The number of rotatable bonds is 5. The van der Waals surface area contributed by atoms with Crippen molar-refractivity contribution in [2.45, 2.75) is 17.5 Å². The van der Waals surface area contributed by atoms with Crippen LogP contribution in [0.4, 0.5) is 4.39 Å². The number of fused-ring (bicyclic) bond motifs is 1. The normalized spacial score (nSPS) is 11.2. The molecule has 0 fully saturated rings. The van der Waals surface area contributed by atoms with E-state index in [0.29, 0.717) is 28.5 Å². The van der Waals surface area contributed by atoms with Crippen LogP contribution in [0.25, 0.3) is 11.0 Å². The molecule has 4 aromatic rings. The molecule has 0 aliphatic carbocycles. The van der Waals surface area contributed by atoms with Crippen molar-refractivity contribution >= 4 is 22.8 Å². The van der Waals surface area contributed by atoms with Gasteiger partial charge in [0.25, 0.3) is 5.56 Å². The van der Waals surface area contributed by atoms with Gasteiger partial charge in [0.05, 0.1) is 12.7 Å². The maximum absolute atomic E-state index is 13.1. The van der Waals surface area contributed by atoms with Crippen LogP contribution < -0.4 is 5.56 Å². The van der Waals surface area contributed by atoms with Gasteiger partial charge in [-0.15, -0.1) is 0 Å². The average molecular weight is 380 g/mol. The van der Waals surface area contributed by atoms with Crippen molar-refractivity contribution in [1.29, 1.82) is 0 Å². The third-order valence-electron chi connectivity index (χ3n) is 4.28. The fraction of sp³-hybridized carbons (Fsp3) is 0.150. The molecular weight excluding hydrogens is 363 g/mol. The SMILES string of the molecule is Cn1ncc2nc(SCc3ccc(F)cc3)n(Cc3ccccc3)c(=O)c21. The van der Waals surface area contributed by atoms with Gasteiger partial charge in [-0.3, -0.25) is 14.0 Å². The molecule has 0 saturated heterocycles. The van der Waals surface area contributed by atoms with E-state index >= 15 is 0 Å². The van der Waals surface area contributed by atoms with Gasteiger partial charge in [0.15, 0.2) is 10.7 Å². The zero-order valence-corrected chi connectivity index (χ0v) is 15.5. The third-order valence-corrected chi connectivity index (χ3v) is 5.33. The van der Waals surface area contributed by atoms with Gasteiger partial charge in [0.2, 0.25) is 0 Å². The van der Waals surface area contributed by atoms with Crippen LogP contribution in [0.1, 0.15) is 11.1 Å². The van der Waals surface area contributed by atoms with Crippen molar-refractivity contribution in [1.82, 2.24) is 19.3 Å². The van der Waals surface area contributed by atoms with Gasteiger partial charge in [-0.25, -0.2) is 9.37 Å². The molecule has 2 aromatic heterocycles. The molecule has 0 radical (unpaired) electrons. The number of aryl methyl sites for hydroxylation is 1. The Balaban J connectivity index is 1.74. The minimum atomic E-state index is -0.264. The maximum atomic E-state index is 13.1. The van der Waals surface area contributed by atoms with Gasteiger partial charge in [-0.1, -0.05) is 54.2 Å². The van der Waals surface area contributed by atoms with Crippen molar-refractivity contribution in [3.8, 4) is 0 Å². The molecule has 2 heterocycles. The number of hydrogen-bond donors (Lipinski definition) is 0. The molecule has 0 unspecified atom stereocenters. The number of aromatic nitrogens is 4. The highest BCUT2D eigenvalue weighted by molar-refractivity contribution is 7.98. The summed E-state index contributed by atoms with van der Waals surface area (Å²) in [6, 6.07) is 16.1. The number of nitrogens with zero attached hydrogens (tertiary/aromatic N) is 4. The van der Waals surface area contributed by atoms with E-state index in [-0.39, 0.29) is 11.4 Å². The van der Waals surface area contributed by atoms with Crippen LogP contribution >= 0.6 is 11.8 Å². The summed E-state index contributed by atoms with van der Waals surface area (Å²) >= 11 is 1.46. The summed E-state index contributed by atoms with van der Waals surface area (Å²) in [7, 11) is 1.74. The highest BCUT2D eigenvalue weighted by Crippen LogP contribution is 2.23. The molecular formula is C20H17FN4OS. The first-order valence-corrected chi connectivity index (χ1v) is 9.44. The number of hydrogen-bond acceptors (Lipinski definition) is 4. The first kappa shape index (κ1) is 17.5. The lowest BCUT2D eigenvalue weighted by atomic mass is 10.2. The lowest BCUT2D eigenvalue weighted by Gasteiger charge is -2.12. The molecule has 0 aliphatic heterocycles. The van der Waals surface area contributed by atoms with Crippen LogP contribution in [-0.4, -0.2) is 19.3 Å². The van der Waals surface area contributed by atoms with Crippen LogP contribution in [0, 0.1) is 5.82 Å². The molecule has 0 amide bonds. The lowest BCUT2D eigenvalue weighted by Crippen LogP contribution is -2.25. The molecule has 0 aliphatic rings. The van der Waals surface area contributed by atoms with Crippen LogP contribution in [0.3, 0.4) is 0 Å². The molecule has 0 spiro atoms. The predicted molar refractivity (Wildman–Crippen MR) is 104 cm³/mol. The van der Waals surface area contributed by atoms with E-state index in [2.05, 4.69) is 10.1 Å². The van der Waals surface area contributed by atoms with Crippen molar-refractivity contribution in [2.75, 3.05) is 0 Å². The quantitative estimate of drug-likeness (QED) is 0.392. The van der Waals surface area contributed by atoms with Gasteiger partial charge < -0.3 is 0 Å². The molecule has 7 heteroatoms. The van der Waals surface area contributed by atoms with Crippen molar-refractivity contribution in [3.05, 3.63) is 88.1 Å². The van der Waals surface area contributed by atoms with E-state index < -0.39 is 0 Å². The summed E-state index contributed by atoms with van der Waals surface area (Å²) in [4.78, 5) is 17.7. The smallest absolute Gasteiger partial charge is 0.280 e. The van der Waals surface area contributed by atoms with Crippen LogP contribution in [-0.2, 0) is 19.3 Å². The Morgan fingerprint density at radius 1 is 1.04 bits per heavy atom. The predicted octanol–water partition coefficient (Wildman–Crippen LogP) is 3.61. The minimum absolute atomic E-state index is 0.120. The molecule has 27 heavy (non-hydrogen) atoms. The molecule has 2 aromatic carbocycles. The van der Waals surface area contributed by atoms with E-state index in [1.165, 1.54) is 23.9 Å². The average Bonchev–Trinajstić information content (AvgIpc) is 3.05. The molecule has 136 valence electrons. The second-order valence-corrected chi connectivity index (χ2v) is 7.13. The Bertz CT molecular complexity index is 1140. The highest BCUT2D eigenvalue weighted by Gasteiger charge is 2.15. The second-order valence-electron chi connectivity index (χ2n) is 6.19. The Kier molecular flexibility index (Phi) is 4.77. The van der Waals surface area contributed by atoms with Crippen LogP contribution in [0.5, 0.6) is 0 Å². The van der Waals surface area contributed by atoms with E-state index in [4.69, 9.17) is 0 Å². The number of thioether (sulfide) groups is 1. The zero-order valence-electron chi connectivity index (χ0n) is 14.7. The van der Waals surface area contributed by atoms with Crippen molar-refractivity contribution in [2.24, 2.45) is 7.05 Å². The van der Waals surface area contributed by atoms with Crippen molar-refractivity contribution < 1.29 is 4.39 Å². The largest absolute Gasteiger partial charge is 0.281 e. The summed E-state index contributed by atoms with van der Waals surface area (Å²) in [5.74, 6) is 0.326. The van der Waals surface area contributed by atoms with Gasteiger partial charge >= 0.3 is 0 Å². The summed E-state index contributed by atoms with van der Waals surface area (Å²) in [5, 5.41) is 4.78. The zero-order chi connectivity index (χ0) is 18.8. The number of benzene rings is 2.